The third kappa shape index (κ3) is 3.37. The van der Waals surface area contributed by atoms with Crippen molar-refractivity contribution in [3.63, 3.8) is 0 Å². The molecule has 0 bridgehead atoms. The van der Waals surface area contributed by atoms with Gasteiger partial charge in [-0.1, -0.05) is 29.8 Å². The molecule has 0 unspecified atom stereocenters. The fraction of sp³-hybridized carbons (Fsp3) is 0.647. The van der Waals surface area contributed by atoms with E-state index in [1.165, 1.54) is 63.0 Å². The maximum atomic E-state index is 3.72. The van der Waals surface area contributed by atoms with E-state index in [4.69, 9.17) is 0 Å². The molecule has 2 aliphatic rings. The fourth-order valence-corrected chi connectivity index (χ4v) is 3.33. The van der Waals surface area contributed by atoms with Gasteiger partial charge in [0.15, 0.2) is 0 Å². The molecule has 3 rings (SSSR count). The van der Waals surface area contributed by atoms with Gasteiger partial charge in [0, 0.05) is 19.1 Å². The largest absolute Gasteiger partial charge is 0.313 e. The van der Waals surface area contributed by atoms with Gasteiger partial charge in [-0.25, -0.2) is 0 Å². The molecule has 0 atom stereocenters. The van der Waals surface area contributed by atoms with Crippen molar-refractivity contribution >= 4 is 0 Å². The van der Waals surface area contributed by atoms with Gasteiger partial charge in [-0.05, 0) is 57.2 Å². The second-order valence-corrected chi connectivity index (χ2v) is 6.28. The number of hydrogen-bond donors (Lipinski definition) is 1. The van der Waals surface area contributed by atoms with Gasteiger partial charge in [-0.3, -0.25) is 0 Å². The van der Waals surface area contributed by atoms with Crippen LogP contribution < -0.4 is 5.32 Å². The standard InChI is InChI=1S/C17H26N2/c1-14-4-6-15(7-5-14)16-12-17(13-16)18-8-11-19-9-2-3-10-19/h4-7,16-18H,2-3,8-13H2,1H3. The molecule has 1 aromatic carbocycles. The van der Waals surface area contributed by atoms with Crippen LogP contribution in [0.5, 0.6) is 0 Å². The summed E-state index contributed by atoms with van der Waals surface area (Å²) in [5.74, 6) is 0.796. The zero-order valence-corrected chi connectivity index (χ0v) is 12.1. The van der Waals surface area contributed by atoms with E-state index in [1.54, 1.807) is 0 Å². The SMILES string of the molecule is Cc1ccc(C2CC(NCCN3CCCC3)C2)cc1. The van der Waals surface area contributed by atoms with Gasteiger partial charge >= 0.3 is 0 Å². The van der Waals surface area contributed by atoms with Gasteiger partial charge in [0.1, 0.15) is 0 Å². The van der Waals surface area contributed by atoms with Gasteiger partial charge in [0.2, 0.25) is 0 Å². The number of likely N-dealkylation sites (tertiary alicyclic amines) is 1. The van der Waals surface area contributed by atoms with Gasteiger partial charge in [0.25, 0.3) is 0 Å². The molecule has 1 aliphatic heterocycles. The second-order valence-electron chi connectivity index (χ2n) is 6.28. The summed E-state index contributed by atoms with van der Waals surface area (Å²) in [6.07, 6.45) is 5.45. The number of benzene rings is 1. The fourth-order valence-electron chi connectivity index (χ4n) is 3.33. The first-order valence-electron chi connectivity index (χ1n) is 7.83. The van der Waals surface area contributed by atoms with Crippen LogP contribution in [0.2, 0.25) is 0 Å². The Hall–Kier alpha value is -0.860. The molecule has 0 aromatic heterocycles. The summed E-state index contributed by atoms with van der Waals surface area (Å²) >= 11 is 0. The van der Waals surface area contributed by atoms with Gasteiger partial charge in [-0.2, -0.15) is 0 Å². The van der Waals surface area contributed by atoms with Crippen LogP contribution in [0.4, 0.5) is 0 Å². The lowest BCUT2D eigenvalue weighted by atomic mass is 9.76. The Morgan fingerprint density at radius 3 is 2.47 bits per heavy atom. The van der Waals surface area contributed by atoms with Crippen LogP contribution in [0.15, 0.2) is 24.3 Å². The van der Waals surface area contributed by atoms with Crippen LogP contribution in [-0.2, 0) is 0 Å². The van der Waals surface area contributed by atoms with Crippen molar-refractivity contribution in [3.8, 4) is 0 Å². The Kier molecular flexibility index (Phi) is 4.19. The highest BCUT2D eigenvalue weighted by atomic mass is 15.2. The van der Waals surface area contributed by atoms with Crippen molar-refractivity contribution in [1.29, 1.82) is 0 Å². The average molecular weight is 258 g/mol. The van der Waals surface area contributed by atoms with E-state index in [0.29, 0.717) is 0 Å². The Balaban J connectivity index is 1.34. The first-order valence-corrected chi connectivity index (χ1v) is 7.83. The van der Waals surface area contributed by atoms with E-state index in [1.807, 2.05) is 0 Å². The van der Waals surface area contributed by atoms with Crippen molar-refractivity contribution in [3.05, 3.63) is 35.4 Å². The van der Waals surface area contributed by atoms with Crippen LogP contribution in [-0.4, -0.2) is 37.1 Å². The van der Waals surface area contributed by atoms with Gasteiger partial charge in [0.05, 0.1) is 0 Å². The third-order valence-corrected chi connectivity index (χ3v) is 4.75. The minimum absolute atomic E-state index is 0.758. The highest BCUT2D eigenvalue weighted by Crippen LogP contribution is 2.36. The van der Waals surface area contributed by atoms with E-state index in [0.717, 1.165) is 12.0 Å². The van der Waals surface area contributed by atoms with E-state index in [-0.39, 0.29) is 0 Å². The highest BCUT2D eigenvalue weighted by Gasteiger charge is 2.29. The van der Waals surface area contributed by atoms with Crippen molar-refractivity contribution in [2.75, 3.05) is 26.2 Å². The van der Waals surface area contributed by atoms with E-state index >= 15 is 0 Å². The number of hydrogen-bond acceptors (Lipinski definition) is 2. The summed E-state index contributed by atoms with van der Waals surface area (Å²) < 4.78 is 0. The topological polar surface area (TPSA) is 15.3 Å². The molecule has 19 heavy (non-hydrogen) atoms. The average Bonchev–Trinajstić information content (AvgIpc) is 2.87. The molecule has 0 radical (unpaired) electrons. The Bertz CT molecular complexity index is 386. The molecule has 2 heteroatoms. The monoisotopic (exact) mass is 258 g/mol. The molecule has 1 aliphatic carbocycles. The summed E-state index contributed by atoms with van der Waals surface area (Å²) in [6, 6.07) is 9.85. The summed E-state index contributed by atoms with van der Waals surface area (Å²) in [5.41, 5.74) is 2.89. The Labute approximate surface area is 117 Å². The molecule has 0 amide bonds. The predicted octanol–water partition coefficient (Wildman–Crippen LogP) is 2.93. The maximum absolute atomic E-state index is 3.72. The lowest BCUT2D eigenvalue weighted by Crippen LogP contribution is -2.43. The van der Waals surface area contributed by atoms with E-state index in [9.17, 15) is 0 Å². The number of nitrogens with one attached hydrogen (secondary N) is 1. The lowest BCUT2D eigenvalue weighted by Gasteiger charge is -2.37. The molecule has 0 spiro atoms. The molecular weight excluding hydrogens is 232 g/mol. The van der Waals surface area contributed by atoms with Crippen molar-refractivity contribution in [2.45, 2.75) is 44.6 Å². The van der Waals surface area contributed by atoms with Crippen LogP contribution >= 0.6 is 0 Å². The summed E-state index contributed by atoms with van der Waals surface area (Å²) in [7, 11) is 0. The van der Waals surface area contributed by atoms with Crippen molar-refractivity contribution in [2.24, 2.45) is 0 Å². The molecular formula is C17H26N2. The predicted molar refractivity (Wildman–Crippen MR) is 80.6 cm³/mol. The van der Waals surface area contributed by atoms with Crippen LogP contribution in [0.25, 0.3) is 0 Å². The Morgan fingerprint density at radius 1 is 1.11 bits per heavy atom. The number of nitrogens with zero attached hydrogens (tertiary/aromatic N) is 1. The summed E-state index contributed by atoms with van der Waals surface area (Å²) in [6.45, 7) is 7.21. The summed E-state index contributed by atoms with van der Waals surface area (Å²) in [4.78, 5) is 2.59. The molecule has 1 saturated heterocycles. The normalized spacial score (nSPS) is 27.4. The first kappa shape index (κ1) is 13.1. The first-order chi connectivity index (χ1) is 9.31. The summed E-state index contributed by atoms with van der Waals surface area (Å²) in [5, 5.41) is 3.72. The molecule has 104 valence electrons. The third-order valence-electron chi connectivity index (χ3n) is 4.75. The lowest BCUT2D eigenvalue weighted by molar-refractivity contribution is 0.266. The molecule has 1 aromatic rings. The Morgan fingerprint density at radius 2 is 1.79 bits per heavy atom. The maximum Gasteiger partial charge on any atom is 0.0107 e. The van der Waals surface area contributed by atoms with Gasteiger partial charge < -0.3 is 10.2 Å². The smallest absolute Gasteiger partial charge is 0.0107 e. The zero-order chi connectivity index (χ0) is 13.1. The highest BCUT2D eigenvalue weighted by molar-refractivity contribution is 5.26. The van der Waals surface area contributed by atoms with Crippen LogP contribution in [0, 0.1) is 6.92 Å². The molecule has 1 N–H and O–H groups in total. The number of aryl methyl sites for hydroxylation is 1. The molecule has 2 fully saturated rings. The second kappa shape index (κ2) is 6.06. The van der Waals surface area contributed by atoms with Crippen molar-refractivity contribution < 1.29 is 0 Å². The number of rotatable bonds is 5. The zero-order valence-electron chi connectivity index (χ0n) is 12.1. The van der Waals surface area contributed by atoms with Gasteiger partial charge in [-0.15, -0.1) is 0 Å². The molecule has 2 nitrogen and oxygen atoms in total. The van der Waals surface area contributed by atoms with Crippen LogP contribution in [0.1, 0.15) is 42.7 Å². The quantitative estimate of drug-likeness (QED) is 0.873. The minimum Gasteiger partial charge on any atom is -0.313 e. The van der Waals surface area contributed by atoms with E-state index < -0.39 is 0 Å². The minimum atomic E-state index is 0.758. The molecule has 1 saturated carbocycles. The van der Waals surface area contributed by atoms with Crippen molar-refractivity contribution in [1.82, 2.24) is 10.2 Å². The van der Waals surface area contributed by atoms with Crippen LogP contribution in [0.3, 0.4) is 0 Å². The van der Waals surface area contributed by atoms with E-state index in [2.05, 4.69) is 41.4 Å². The molecule has 1 heterocycles.